The summed E-state index contributed by atoms with van der Waals surface area (Å²) in [4.78, 5) is 11.2. The third-order valence-electron chi connectivity index (χ3n) is 2.93. The number of carbonyl (C=O) groups excluding carboxylic acids is 1. The Morgan fingerprint density at radius 3 is 2.68 bits per heavy atom. The second-order valence-corrected chi connectivity index (χ2v) is 4.62. The molecule has 0 N–H and O–H groups in total. The summed E-state index contributed by atoms with van der Waals surface area (Å²) in [7, 11) is 1.64. The topological polar surface area (TPSA) is 44.8 Å². The highest BCUT2D eigenvalue weighted by Crippen LogP contribution is 2.16. The first kappa shape index (κ1) is 13.6. The Morgan fingerprint density at radius 2 is 2.05 bits per heavy atom. The van der Waals surface area contributed by atoms with E-state index in [1.165, 1.54) is 6.08 Å². The zero-order valence-electron chi connectivity index (χ0n) is 11.2. The van der Waals surface area contributed by atoms with Gasteiger partial charge in [0.25, 0.3) is 0 Å². The van der Waals surface area contributed by atoms with Crippen LogP contribution in [0.2, 0.25) is 0 Å². The van der Waals surface area contributed by atoms with Gasteiger partial charge in [-0.05, 0) is 24.6 Å². The molecule has 0 aliphatic carbocycles. The zero-order chi connectivity index (χ0) is 13.7. The standard InChI is InChI=1S/C15H18O4/c1-11-7-14(19-15(16)8-11)10-18-9-12-3-5-13(17-2)6-4-12/h3-6,8,14H,7,9-10H2,1-2H3/t14-/m0/s1. The minimum Gasteiger partial charge on any atom is -0.497 e. The molecular formula is C15H18O4. The minimum absolute atomic E-state index is 0.171. The van der Waals surface area contributed by atoms with E-state index in [4.69, 9.17) is 14.2 Å². The van der Waals surface area contributed by atoms with Gasteiger partial charge in [0.05, 0.1) is 20.3 Å². The van der Waals surface area contributed by atoms with Gasteiger partial charge in [-0.25, -0.2) is 4.79 Å². The number of ether oxygens (including phenoxy) is 3. The number of cyclic esters (lactones) is 1. The molecule has 1 atom stereocenters. The lowest BCUT2D eigenvalue weighted by atomic mass is 10.1. The quantitative estimate of drug-likeness (QED) is 0.765. The van der Waals surface area contributed by atoms with Crippen LogP contribution in [0.5, 0.6) is 5.75 Å². The number of rotatable bonds is 5. The first-order valence-electron chi connectivity index (χ1n) is 6.26. The van der Waals surface area contributed by atoms with Gasteiger partial charge in [-0.2, -0.15) is 0 Å². The lowest BCUT2D eigenvalue weighted by molar-refractivity contribution is -0.147. The van der Waals surface area contributed by atoms with Crippen LogP contribution in [0.3, 0.4) is 0 Å². The fraction of sp³-hybridized carbons (Fsp3) is 0.400. The number of benzene rings is 1. The van der Waals surface area contributed by atoms with Crippen LogP contribution in [0.4, 0.5) is 0 Å². The molecule has 0 radical (unpaired) electrons. The Balaban J connectivity index is 1.77. The molecule has 4 nitrogen and oxygen atoms in total. The maximum atomic E-state index is 11.2. The molecule has 4 heteroatoms. The van der Waals surface area contributed by atoms with Gasteiger partial charge in [-0.15, -0.1) is 0 Å². The van der Waals surface area contributed by atoms with Crippen molar-refractivity contribution in [3.8, 4) is 5.75 Å². The van der Waals surface area contributed by atoms with Crippen LogP contribution in [0.1, 0.15) is 18.9 Å². The van der Waals surface area contributed by atoms with E-state index >= 15 is 0 Å². The summed E-state index contributed by atoms with van der Waals surface area (Å²) in [6.07, 6.45) is 2.10. The third-order valence-corrected chi connectivity index (χ3v) is 2.93. The van der Waals surface area contributed by atoms with Crippen LogP contribution in [-0.2, 0) is 20.9 Å². The fourth-order valence-corrected chi connectivity index (χ4v) is 1.98. The largest absolute Gasteiger partial charge is 0.497 e. The van der Waals surface area contributed by atoms with E-state index in [1.807, 2.05) is 31.2 Å². The van der Waals surface area contributed by atoms with Gasteiger partial charge in [-0.3, -0.25) is 0 Å². The second kappa shape index (κ2) is 6.38. The molecule has 102 valence electrons. The van der Waals surface area contributed by atoms with Crippen LogP contribution in [0.15, 0.2) is 35.9 Å². The first-order chi connectivity index (χ1) is 9.17. The lowest BCUT2D eigenvalue weighted by Gasteiger charge is -2.21. The van der Waals surface area contributed by atoms with Gasteiger partial charge in [0.15, 0.2) is 0 Å². The Labute approximate surface area is 113 Å². The van der Waals surface area contributed by atoms with Crippen molar-refractivity contribution in [2.75, 3.05) is 13.7 Å². The van der Waals surface area contributed by atoms with E-state index in [2.05, 4.69) is 0 Å². The van der Waals surface area contributed by atoms with Crippen LogP contribution in [-0.4, -0.2) is 25.8 Å². The Hall–Kier alpha value is -1.81. The molecule has 0 unspecified atom stereocenters. The third kappa shape index (κ3) is 4.10. The van der Waals surface area contributed by atoms with Crippen LogP contribution in [0.25, 0.3) is 0 Å². The van der Waals surface area contributed by atoms with Crippen molar-refractivity contribution in [3.05, 3.63) is 41.5 Å². The van der Waals surface area contributed by atoms with Crippen molar-refractivity contribution in [1.82, 2.24) is 0 Å². The van der Waals surface area contributed by atoms with Gasteiger partial charge < -0.3 is 14.2 Å². The SMILES string of the molecule is COc1ccc(COC[C@@H]2CC(C)=CC(=O)O2)cc1. The average molecular weight is 262 g/mol. The van der Waals surface area contributed by atoms with Crippen LogP contribution in [0, 0.1) is 0 Å². The van der Waals surface area contributed by atoms with Crippen molar-refractivity contribution in [3.63, 3.8) is 0 Å². The summed E-state index contributed by atoms with van der Waals surface area (Å²) >= 11 is 0. The second-order valence-electron chi connectivity index (χ2n) is 4.62. The molecular weight excluding hydrogens is 244 g/mol. The summed E-state index contributed by atoms with van der Waals surface area (Å²) in [6, 6.07) is 7.70. The monoisotopic (exact) mass is 262 g/mol. The molecule has 1 heterocycles. The van der Waals surface area contributed by atoms with Gasteiger partial charge in [0, 0.05) is 12.5 Å². The highest BCUT2D eigenvalue weighted by molar-refractivity contribution is 5.83. The molecule has 0 saturated carbocycles. The predicted molar refractivity (Wildman–Crippen MR) is 70.9 cm³/mol. The molecule has 0 fully saturated rings. The highest BCUT2D eigenvalue weighted by atomic mass is 16.6. The average Bonchev–Trinajstić information content (AvgIpc) is 2.38. The number of methoxy groups -OCH3 is 1. The minimum atomic E-state index is -0.276. The first-order valence-corrected chi connectivity index (χ1v) is 6.26. The van der Waals surface area contributed by atoms with Gasteiger partial charge in [0.2, 0.25) is 0 Å². The molecule has 1 aliphatic heterocycles. The van der Waals surface area contributed by atoms with E-state index < -0.39 is 0 Å². The van der Waals surface area contributed by atoms with E-state index in [1.54, 1.807) is 7.11 Å². The highest BCUT2D eigenvalue weighted by Gasteiger charge is 2.19. The van der Waals surface area contributed by atoms with Crippen molar-refractivity contribution in [1.29, 1.82) is 0 Å². The number of hydrogen-bond donors (Lipinski definition) is 0. The molecule has 0 spiro atoms. The molecule has 2 rings (SSSR count). The van der Waals surface area contributed by atoms with E-state index in [0.29, 0.717) is 13.2 Å². The summed E-state index contributed by atoms with van der Waals surface area (Å²) in [6.45, 7) is 2.85. The summed E-state index contributed by atoms with van der Waals surface area (Å²) < 4.78 is 15.8. The number of hydrogen-bond acceptors (Lipinski definition) is 4. The van der Waals surface area contributed by atoms with Crippen LogP contribution < -0.4 is 4.74 Å². The predicted octanol–water partition coefficient (Wildman–Crippen LogP) is 2.47. The van der Waals surface area contributed by atoms with Gasteiger partial charge in [0.1, 0.15) is 11.9 Å². The van der Waals surface area contributed by atoms with Crippen molar-refractivity contribution >= 4 is 5.97 Å². The Morgan fingerprint density at radius 1 is 1.32 bits per heavy atom. The summed E-state index contributed by atoms with van der Waals surface area (Å²) in [5, 5.41) is 0. The molecule has 1 aromatic rings. The van der Waals surface area contributed by atoms with Gasteiger partial charge >= 0.3 is 5.97 Å². The van der Waals surface area contributed by atoms with Crippen molar-refractivity contribution < 1.29 is 19.0 Å². The molecule has 19 heavy (non-hydrogen) atoms. The smallest absolute Gasteiger partial charge is 0.331 e. The molecule has 1 aromatic carbocycles. The van der Waals surface area contributed by atoms with E-state index in [0.717, 1.165) is 23.3 Å². The molecule has 1 aliphatic rings. The fourth-order valence-electron chi connectivity index (χ4n) is 1.98. The Bertz CT molecular complexity index is 462. The number of carbonyl (C=O) groups is 1. The molecule has 0 aromatic heterocycles. The van der Waals surface area contributed by atoms with Gasteiger partial charge in [-0.1, -0.05) is 17.7 Å². The normalized spacial score (nSPS) is 18.7. The van der Waals surface area contributed by atoms with Crippen molar-refractivity contribution in [2.45, 2.75) is 26.1 Å². The lowest BCUT2D eigenvalue weighted by Crippen LogP contribution is -2.26. The van der Waals surface area contributed by atoms with Crippen LogP contribution >= 0.6 is 0 Å². The Kier molecular flexibility index (Phi) is 4.58. The summed E-state index contributed by atoms with van der Waals surface area (Å²) in [5.41, 5.74) is 2.10. The van der Waals surface area contributed by atoms with Crippen molar-refractivity contribution in [2.24, 2.45) is 0 Å². The van der Waals surface area contributed by atoms with E-state index in [-0.39, 0.29) is 12.1 Å². The molecule has 0 saturated heterocycles. The summed E-state index contributed by atoms with van der Waals surface area (Å²) in [5.74, 6) is 0.549. The number of esters is 1. The maximum absolute atomic E-state index is 11.2. The maximum Gasteiger partial charge on any atom is 0.331 e. The zero-order valence-corrected chi connectivity index (χ0v) is 11.2. The molecule has 0 bridgehead atoms. The van der Waals surface area contributed by atoms with E-state index in [9.17, 15) is 4.79 Å². The molecule has 0 amide bonds.